The Bertz CT molecular complexity index is 1040. The van der Waals surface area contributed by atoms with Gasteiger partial charge in [0.15, 0.2) is 5.16 Å². The Morgan fingerprint density at radius 2 is 1.93 bits per heavy atom. The molecule has 0 saturated carbocycles. The predicted molar refractivity (Wildman–Crippen MR) is 107 cm³/mol. The van der Waals surface area contributed by atoms with Gasteiger partial charge in [0.2, 0.25) is 11.8 Å². The van der Waals surface area contributed by atoms with Crippen molar-refractivity contribution < 1.29 is 9.59 Å². The van der Waals surface area contributed by atoms with Gasteiger partial charge < -0.3 is 5.32 Å². The Kier molecular flexibility index (Phi) is 4.19. The summed E-state index contributed by atoms with van der Waals surface area (Å²) in [5.41, 5.74) is 1.36. The van der Waals surface area contributed by atoms with Crippen molar-refractivity contribution in [3.8, 4) is 0 Å². The van der Waals surface area contributed by atoms with Gasteiger partial charge in [-0.25, -0.2) is 4.98 Å². The topological polar surface area (TPSA) is 66.7 Å². The highest BCUT2D eigenvalue weighted by atomic mass is 32.2. The van der Waals surface area contributed by atoms with Crippen molar-refractivity contribution in [2.75, 3.05) is 10.2 Å². The van der Waals surface area contributed by atoms with Crippen molar-refractivity contribution in [3.05, 3.63) is 54.9 Å². The van der Waals surface area contributed by atoms with E-state index in [1.807, 2.05) is 60.0 Å². The summed E-state index contributed by atoms with van der Waals surface area (Å²) in [6.07, 6.45) is 3.71. The van der Waals surface area contributed by atoms with E-state index in [1.165, 1.54) is 11.8 Å². The Hall–Kier alpha value is -2.80. The van der Waals surface area contributed by atoms with Crippen molar-refractivity contribution in [3.63, 3.8) is 0 Å². The number of imidazole rings is 1. The number of rotatable bonds is 3. The van der Waals surface area contributed by atoms with E-state index in [0.717, 1.165) is 10.7 Å². The number of nitrogens with one attached hydrogen (secondary N) is 1. The fourth-order valence-corrected chi connectivity index (χ4v) is 4.16. The maximum Gasteiger partial charge on any atom is 0.250 e. The number of fused-ring (bicyclic) bond motifs is 2. The summed E-state index contributed by atoms with van der Waals surface area (Å²) in [5.74, 6) is -0.321. The molecule has 4 rings (SSSR count). The Labute approximate surface area is 161 Å². The maximum atomic E-state index is 13.4. The highest BCUT2D eigenvalue weighted by molar-refractivity contribution is 8.00. The quantitative estimate of drug-likeness (QED) is 0.706. The maximum absolute atomic E-state index is 13.4. The average molecular weight is 380 g/mol. The standard InChI is InChI=1S/C20H20N4O2S/c1-13(27-19-21-12-14-8-6-7-11-23(14)19)17(25)24-16-10-5-4-9-15(16)22-18(26)20(24,2)3/h4-13H,1-3H3,(H,22,26)/t13-/m0/s1. The van der Waals surface area contributed by atoms with Gasteiger partial charge in [-0.15, -0.1) is 0 Å². The minimum atomic E-state index is -0.977. The molecule has 1 aliphatic heterocycles. The van der Waals surface area contributed by atoms with Gasteiger partial charge in [-0.2, -0.15) is 0 Å². The van der Waals surface area contributed by atoms with Gasteiger partial charge in [-0.1, -0.05) is 30.0 Å². The largest absolute Gasteiger partial charge is 0.322 e. The van der Waals surface area contributed by atoms with E-state index in [-0.39, 0.29) is 11.8 Å². The summed E-state index contributed by atoms with van der Waals surface area (Å²) in [6, 6.07) is 13.2. The fourth-order valence-electron chi connectivity index (χ4n) is 3.24. The van der Waals surface area contributed by atoms with E-state index >= 15 is 0 Å². The molecule has 6 nitrogen and oxygen atoms in total. The van der Waals surface area contributed by atoms with Crippen LogP contribution in [0, 0.1) is 0 Å². The van der Waals surface area contributed by atoms with Crippen LogP contribution in [0.1, 0.15) is 20.8 Å². The number of pyridine rings is 1. The third-order valence-electron chi connectivity index (χ3n) is 4.76. The van der Waals surface area contributed by atoms with Crippen molar-refractivity contribution in [2.45, 2.75) is 36.7 Å². The third kappa shape index (κ3) is 2.88. The minimum absolute atomic E-state index is 0.125. The fraction of sp³-hybridized carbons (Fsp3) is 0.250. The lowest BCUT2D eigenvalue weighted by Crippen LogP contribution is -2.60. The molecule has 1 N–H and O–H groups in total. The number of thioether (sulfide) groups is 1. The molecule has 0 fully saturated rings. The lowest BCUT2D eigenvalue weighted by molar-refractivity contribution is -0.126. The molecule has 1 aliphatic rings. The molecular formula is C20H20N4O2S. The van der Waals surface area contributed by atoms with Gasteiger partial charge in [-0.05, 0) is 45.0 Å². The van der Waals surface area contributed by atoms with E-state index < -0.39 is 10.8 Å². The highest BCUT2D eigenvalue weighted by Gasteiger charge is 2.44. The molecule has 27 heavy (non-hydrogen) atoms. The van der Waals surface area contributed by atoms with Crippen molar-refractivity contribution in [2.24, 2.45) is 0 Å². The van der Waals surface area contributed by atoms with Gasteiger partial charge in [-0.3, -0.25) is 18.9 Å². The molecule has 0 aliphatic carbocycles. The van der Waals surface area contributed by atoms with Crippen LogP contribution in [0.3, 0.4) is 0 Å². The van der Waals surface area contributed by atoms with Crippen LogP contribution in [0.2, 0.25) is 0 Å². The second-order valence-corrected chi connectivity index (χ2v) is 8.31. The molecule has 138 valence electrons. The van der Waals surface area contributed by atoms with Gasteiger partial charge in [0.05, 0.1) is 28.3 Å². The summed E-state index contributed by atoms with van der Waals surface area (Å²) in [5, 5.41) is 3.23. The van der Waals surface area contributed by atoms with Crippen molar-refractivity contribution in [1.29, 1.82) is 0 Å². The minimum Gasteiger partial charge on any atom is -0.322 e. The molecule has 0 saturated heterocycles. The second-order valence-electron chi connectivity index (χ2n) is 7.00. The lowest BCUT2D eigenvalue weighted by Gasteiger charge is -2.43. The molecule has 7 heteroatoms. The number of carbonyl (C=O) groups is 2. The van der Waals surface area contributed by atoms with Crippen LogP contribution < -0.4 is 10.2 Å². The van der Waals surface area contributed by atoms with Gasteiger partial charge in [0, 0.05) is 6.20 Å². The van der Waals surface area contributed by atoms with E-state index in [4.69, 9.17) is 0 Å². The Morgan fingerprint density at radius 1 is 1.19 bits per heavy atom. The van der Waals surface area contributed by atoms with E-state index in [9.17, 15) is 9.59 Å². The molecule has 3 heterocycles. The second kappa shape index (κ2) is 6.42. The van der Waals surface area contributed by atoms with Crippen LogP contribution in [0.4, 0.5) is 11.4 Å². The molecule has 1 aromatic carbocycles. The smallest absolute Gasteiger partial charge is 0.250 e. The molecule has 2 amide bonds. The van der Waals surface area contributed by atoms with Crippen LogP contribution in [-0.4, -0.2) is 32.0 Å². The first-order chi connectivity index (χ1) is 12.9. The number of para-hydroxylation sites is 2. The Balaban J connectivity index is 1.67. The van der Waals surface area contributed by atoms with Gasteiger partial charge in [0.1, 0.15) is 5.54 Å². The zero-order chi connectivity index (χ0) is 19.2. The number of anilines is 2. The first-order valence-electron chi connectivity index (χ1n) is 8.73. The van der Waals surface area contributed by atoms with Crippen LogP contribution in [0.25, 0.3) is 5.52 Å². The van der Waals surface area contributed by atoms with E-state index in [1.54, 1.807) is 24.9 Å². The third-order valence-corrected chi connectivity index (χ3v) is 5.83. The highest BCUT2D eigenvalue weighted by Crippen LogP contribution is 2.38. The average Bonchev–Trinajstić information content (AvgIpc) is 3.05. The first kappa shape index (κ1) is 17.6. The van der Waals surface area contributed by atoms with Crippen molar-refractivity contribution in [1.82, 2.24) is 9.38 Å². The molecule has 2 aromatic heterocycles. The number of benzene rings is 1. The summed E-state index contributed by atoms with van der Waals surface area (Å²) in [4.78, 5) is 32.0. The SMILES string of the molecule is C[C@H](Sc1ncc2ccccn12)C(=O)N1c2ccccc2NC(=O)C1(C)C. The van der Waals surface area contributed by atoms with Crippen LogP contribution >= 0.6 is 11.8 Å². The molecular weight excluding hydrogens is 360 g/mol. The summed E-state index contributed by atoms with van der Waals surface area (Å²) in [6.45, 7) is 5.37. The number of amides is 2. The predicted octanol–water partition coefficient (Wildman–Crippen LogP) is 3.58. The normalized spacial score (nSPS) is 16.7. The van der Waals surface area contributed by atoms with Crippen LogP contribution in [0.15, 0.2) is 60.0 Å². The molecule has 0 radical (unpaired) electrons. The van der Waals surface area contributed by atoms with Crippen molar-refractivity contribution >= 4 is 40.5 Å². The van der Waals surface area contributed by atoms with Gasteiger partial charge >= 0.3 is 0 Å². The van der Waals surface area contributed by atoms with Crippen LogP contribution in [0.5, 0.6) is 0 Å². The molecule has 0 bridgehead atoms. The number of hydrogen-bond acceptors (Lipinski definition) is 4. The zero-order valence-corrected chi connectivity index (χ0v) is 16.2. The Morgan fingerprint density at radius 3 is 2.74 bits per heavy atom. The first-order valence-corrected chi connectivity index (χ1v) is 9.61. The molecule has 1 atom stereocenters. The number of carbonyl (C=O) groups excluding carboxylic acids is 2. The number of aromatic nitrogens is 2. The van der Waals surface area contributed by atoms with Crippen LogP contribution in [-0.2, 0) is 9.59 Å². The summed E-state index contributed by atoms with van der Waals surface area (Å²) < 4.78 is 1.95. The molecule has 0 unspecified atom stereocenters. The summed E-state index contributed by atoms with van der Waals surface area (Å²) >= 11 is 1.39. The number of nitrogens with zero attached hydrogens (tertiary/aromatic N) is 3. The zero-order valence-electron chi connectivity index (χ0n) is 15.3. The van der Waals surface area contributed by atoms with E-state index in [0.29, 0.717) is 11.4 Å². The van der Waals surface area contributed by atoms with Gasteiger partial charge in [0.25, 0.3) is 0 Å². The van der Waals surface area contributed by atoms with E-state index in [2.05, 4.69) is 10.3 Å². The monoisotopic (exact) mass is 380 g/mol. The molecule has 3 aromatic rings. The lowest BCUT2D eigenvalue weighted by atomic mass is 9.96. The number of hydrogen-bond donors (Lipinski definition) is 1. The molecule has 0 spiro atoms. The summed E-state index contributed by atoms with van der Waals surface area (Å²) in [7, 11) is 0.